The van der Waals surface area contributed by atoms with Crippen molar-refractivity contribution in [1.29, 1.82) is 0 Å². The Bertz CT molecular complexity index is 147. The zero-order valence-electron chi connectivity index (χ0n) is 5.01. The molecule has 6 nitrogen and oxygen atoms in total. The van der Waals surface area contributed by atoms with E-state index in [4.69, 9.17) is 9.90 Å². The van der Waals surface area contributed by atoms with Crippen LogP contribution in [0.25, 0.3) is 0 Å². The number of carbonyl (C=O) groups is 1. The van der Waals surface area contributed by atoms with E-state index in [1.807, 2.05) is 0 Å². The van der Waals surface area contributed by atoms with E-state index in [0.717, 1.165) is 0 Å². The van der Waals surface area contributed by atoms with E-state index in [-0.39, 0.29) is 0 Å². The van der Waals surface area contributed by atoms with Gasteiger partial charge in [-0.1, -0.05) is 0 Å². The van der Waals surface area contributed by atoms with Crippen molar-refractivity contribution in [3.63, 3.8) is 0 Å². The minimum atomic E-state index is -1.33. The molecule has 0 bridgehead atoms. The van der Waals surface area contributed by atoms with Gasteiger partial charge in [-0.25, -0.2) is 4.79 Å². The molecule has 3 N–H and O–H groups in total. The first-order valence-electron chi connectivity index (χ1n) is 2.30. The van der Waals surface area contributed by atoms with E-state index in [2.05, 4.69) is 21.1 Å². The highest BCUT2D eigenvalue weighted by molar-refractivity contribution is 5.61. The SMILES string of the molecule is NC(=O)O.c1cnnnc1. The molecule has 0 atom stereocenters. The number of hydrogen-bond donors (Lipinski definition) is 2. The van der Waals surface area contributed by atoms with Crippen molar-refractivity contribution in [2.75, 3.05) is 0 Å². The zero-order chi connectivity index (χ0) is 7.82. The van der Waals surface area contributed by atoms with Gasteiger partial charge >= 0.3 is 6.09 Å². The van der Waals surface area contributed by atoms with Crippen LogP contribution in [-0.4, -0.2) is 26.6 Å². The Labute approximate surface area is 56.7 Å². The van der Waals surface area contributed by atoms with Crippen molar-refractivity contribution in [2.24, 2.45) is 5.73 Å². The Morgan fingerprint density at radius 1 is 1.40 bits per heavy atom. The second kappa shape index (κ2) is 5.42. The van der Waals surface area contributed by atoms with Crippen LogP contribution in [0.1, 0.15) is 0 Å². The maximum absolute atomic E-state index is 8.78. The summed E-state index contributed by atoms with van der Waals surface area (Å²) in [6, 6.07) is 1.72. The van der Waals surface area contributed by atoms with Gasteiger partial charge < -0.3 is 10.8 Å². The van der Waals surface area contributed by atoms with Crippen LogP contribution >= 0.6 is 0 Å². The average Bonchev–Trinajstić information content (AvgIpc) is 1.90. The van der Waals surface area contributed by atoms with Crippen molar-refractivity contribution in [3.8, 4) is 0 Å². The largest absolute Gasteiger partial charge is 0.465 e. The molecule has 0 aromatic carbocycles. The molecule has 1 amide bonds. The number of hydrogen-bond acceptors (Lipinski definition) is 4. The molecular weight excluding hydrogens is 136 g/mol. The third-order valence-corrected chi connectivity index (χ3v) is 0.409. The van der Waals surface area contributed by atoms with Crippen LogP contribution in [0.3, 0.4) is 0 Å². The zero-order valence-corrected chi connectivity index (χ0v) is 5.01. The third-order valence-electron chi connectivity index (χ3n) is 0.409. The van der Waals surface area contributed by atoms with Gasteiger partial charge in [0.15, 0.2) is 0 Å². The molecule has 1 rings (SSSR count). The van der Waals surface area contributed by atoms with Crippen LogP contribution in [-0.2, 0) is 0 Å². The van der Waals surface area contributed by atoms with Gasteiger partial charge in [0.2, 0.25) is 0 Å². The fourth-order valence-corrected chi connectivity index (χ4v) is 0.205. The molecule has 6 heteroatoms. The number of amides is 1. The van der Waals surface area contributed by atoms with Gasteiger partial charge in [-0.3, -0.25) is 0 Å². The summed E-state index contributed by atoms with van der Waals surface area (Å²) < 4.78 is 0. The molecule has 0 aliphatic heterocycles. The molecule has 1 aromatic heterocycles. The second-order valence-corrected chi connectivity index (χ2v) is 1.15. The summed E-state index contributed by atoms with van der Waals surface area (Å²) in [4.78, 5) is 8.78. The number of rotatable bonds is 0. The minimum Gasteiger partial charge on any atom is -0.465 e. The van der Waals surface area contributed by atoms with Crippen molar-refractivity contribution in [2.45, 2.75) is 0 Å². The van der Waals surface area contributed by atoms with Gasteiger partial charge in [-0.15, -0.1) is 10.2 Å². The predicted octanol–water partition coefficient (Wildman–Crippen LogP) is -0.505. The molecule has 0 saturated carbocycles. The van der Waals surface area contributed by atoms with E-state index < -0.39 is 6.09 Å². The van der Waals surface area contributed by atoms with Crippen molar-refractivity contribution in [1.82, 2.24) is 15.4 Å². The monoisotopic (exact) mass is 142 g/mol. The fraction of sp³-hybridized carbons (Fsp3) is 0. The first-order valence-corrected chi connectivity index (χ1v) is 2.30. The maximum atomic E-state index is 8.78. The molecule has 0 aliphatic carbocycles. The van der Waals surface area contributed by atoms with Crippen molar-refractivity contribution >= 4 is 6.09 Å². The normalized spacial score (nSPS) is 7.20. The molecule has 1 heterocycles. The Kier molecular flexibility index (Phi) is 4.49. The van der Waals surface area contributed by atoms with Crippen LogP contribution in [0, 0.1) is 0 Å². The smallest absolute Gasteiger partial charge is 0.402 e. The molecule has 1 aromatic rings. The molecule has 0 radical (unpaired) electrons. The van der Waals surface area contributed by atoms with Crippen molar-refractivity contribution in [3.05, 3.63) is 18.5 Å². The van der Waals surface area contributed by atoms with Crippen molar-refractivity contribution < 1.29 is 9.90 Å². The lowest BCUT2D eigenvalue weighted by Crippen LogP contribution is -2.03. The van der Waals surface area contributed by atoms with Gasteiger partial charge in [-0.2, -0.15) is 0 Å². The Morgan fingerprint density at radius 2 is 1.80 bits per heavy atom. The highest BCUT2D eigenvalue weighted by Crippen LogP contribution is 1.61. The van der Waals surface area contributed by atoms with Crippen LogP contribution in [0.4, 0.5) is 4.79 Å². The van der Waals surface area contributed by atoms with E-state index in [1.165, 1.54) is 0 Å². The standard InChI is InChI=1S/C3H3N3.CH3NO2/c1-2-4-6-5-3-1;2-1(3)4/h1-3H;2H2,(H,3,4). The first kappa shape index (κ1) is 8.28. The summed E-state index contributed by atoms with van der Waals surface area (Å²) in [7, 11) is 0. The molecule has 0 unspecified atom stereocenters. The topological polar surface area (TPSA) is 102 Å². The quantitative estimate of drug-likeness (QED) is 0.508. The fourth-order valence-electron chi connectivity index (χ4n) is 0.205. The van der Waals surface area contributed by atoms with E-state index >= 15 is 0 Å². The summed E-state index contributed by atoms with van der Waals surface area (Å²) in [5.41, 5.74) is 4.03. The molecule has 54 valence electrons. The number of nitrogens with two attached hydrogens (primary N) is 1. The molecular formula is C4H6N4O2. The number of aromatic nitrogens is 3. The van der Waals surface area contributed by atoms with E-state index in [9.17, 15) is 0 Å². The molecule has 0 saturated heterocycles. The summed E-state index contributed by atoms with van der Waals surface area (Å²) in [5.74, 6) is 0. The first-order chi connectivity index (χ1) is 4.73. The number of primary amides is 1. The van der Waals surface area contributed by atoms with E-state index in [0.29, 0.717) is 0 Å². The number of nitrogens with zero attached hydrogens (tertiary/aromatic N) is 3. The second-order valence-electron chi connectivity index (χ2n) is 1.15. The summed E-state index contributed by atoms with van der Waals surface area (Å²) in [5, 5.41) is 17.3. The average molecular weight is 142 g/mol. The van der Waals surface area contributed by atoms with Crippen LogP contribution in [0.2, 0.25) is 0 Å². The molecule has 10 heavy (non-hydrogen) atoms. The van der Waals surface area contributed by atoms with Crippen LogP contribution < -0.4 is 5.73 Å². The van der Waals surface area contributed by atoms with Gasteiger partial charge in [-0.05, 0) is 11.3 Å². The summed E-state index contributed by atoms with van der Waals surface area (Å²) in [6.45, 7) is 0. The Morgan fingerprint density at radius 3 is 1.90 bits per heavy atom. The molecule has 0 aliphatic rings. The Balaban J connectivity index is 0.000000180. The highest BCUT2D eigenvalue weighted by atomic mass is 16.4. The third kappa shape index (κ3) is 9.56. The molecule has 0 spiro atoms. The maximum Gasteiger partial charge on any atom is 0.402 e. The lowest BCUT2D eigenvalue weighted by atomic mass is 10.7. The van der Waals surface area contributed by atoms with Gasteiger partial charge in [0.05, 0.1) is 12.4 Å². The summed E-state index contributed by atoms with van der Waals surface area (Å²) >= 11 is 0. The predicted molar refractivity (Wildman–Crippen MR) is 32.0 cm³/mol. The highest BCUT2D eigenvalue weighted by Gasteiger charge is 1.65. The van der Waals surface area contributed by atoms with Gasteiger partial charge in [0.25, 0.3) is 0 Å². The molecule has 0 fully saturated rings. The number of carboxylic acid groups (broad SMARTS) is 1. The van der Waals surface area contributed by atoms with Gasteiger partial charge in [0.1, 0.15) is 0 Å². The summed E-state index contributed by atoms with van der Waals surface area (Å²) in [6.07, 6.45) is 1.82. The lowest BCUT2D eigenvalue weighted by Gasteiger charge is -1.68. The van der Waals surface area contributed by atoms with Crippen LogP contribution in [0.5, 0.6) is 0 Å². The lowest BCUT2D eigenvalue weighted by molar-refractivity contribution is 0.205. The van der Waals surface area contributed by atoms with Crippen LogP contribution in [0.15, 0.2) is 18.5 Å². The minimum absolute atomic E-state index is 1.33. The van der Waals surface area contributed by atoms with E-state index in [1.54, 1.807) is 18.5 Å². The Hall–Kier alpha value is -1.72. The van der Waals surface area contributed by atoms with Gasteiger partial charge in [0, 0.05) is 0 Å².